The third-order valence-electron chi connectivity index (χ3n) is 5.06. The summed E-state index contributed by atoms with van der Waals surface area (Å²) >= 11 is 0. The lowest BCUT2D eigenvalue weighted by molar-refractivity contribution is -0.149. The molecule has 1 amide bonds. The first kappa shape index (κ1) is 15.7. The number of ether oxygens (including phenoxy) is 1. The van der Waals surface area contributed by atoms with Crippen LogP contribution >= 0.6 is 0 Å². The van der Waals surface area contributed by atoms with Crippen LogP contribution in [-0.4, -0.2) is 53.6 Å². The molecule has 3 rings (SSSR count). The Morgan fingerprint density at radius 2 is 2.30 bits per heavy atom. The number of hydrogen-bond acceptors (Lipinski definition) is 5. The second kappa shape index (κ2) is 5.49. The Morgan fingerprint density at radius 1 is 1.57 bits per heavy atom. The quantitative estimate of drug-likeness (QED) is 0.831. The van der Waals surface area contributed by atoms with Crippen molar-refractivity contribution in [3.63, 3.8) is 0 Å². The summed E-state index contributed by atoms with van der Waals surface area (Å²) in [5, 5.41) is 12.6. The summed E-state index contributed by atoms with van der Waals surface area (Å²) in [4.78, 5) is 30.3. The van der Waals surface area contributed by atoms with E-state index in [1.165, 1.54) is 0 Å². The summed E-state index contributed by atoms with van der Waals surface area (Å²) < 4.78 is 5.39. The zero-order valence-corrected chi connectivity index (χ0v) is 13.5. The van der Waals surface area contributed by atoms with Gasteiger partial charge in [-0.25, -0.2) is 0 Å². The summed E-state index contributed by atoms with van der Waals surface area (Å²) in [6.45, 7) is 5.11. The molecule has 2 atom stereocenters. The number of carbonyl (C=O) groups excluding carboxylic acids is 1. The molecular weight excluding hydrogens is 298 g/mol. The summed E-state index contributed by atoms with van der Waals surface area (Å²) in [7, 11) is 1.61. The van der Waals surface area contributed by atoms with Crippen LogP contribution in [0.1, 0.15) is 16.8 Å². The smallest absolute Gasteiger partial charge is 0.313 e. The maximum atomic E-state index is 12.6. The van der Waals surface area contributed by atoms with Crippen molar-refractivity contribution in [1.29, 1.82) is 0 Å². The predicted molar refractivity (Wildman–Crippen MR) is 82.1 cm³/mol. The van der Waals surface area contributed by atoms with Gasteiger partial charge in [-0.3, -0.25) is 14.6 Å². The van der Waals surface area contributed by atoms with Crippen molar-refractivity contribution in [2.24, 2.45) is 11.3 Å². The van der Waals surface area contributed by atoms with Gasteiger partial charge in [0.1, 0.15) is 11.2 Å². The van der Waals surface area contributed by atoms with Crippen molar-refractivity contribution >= 4 is 11.9 Å². The molecule has 2 aliphatic rings. The van der Waals surface area contributed by atoms with Crippen molar-refractivity contribution in [3.05, 3.63) is 23.0 Å². The molecule has 3 heterocycles. The second-order valence-electron chi connectivity index (χ2n) is 6.39. The van der Waals surface area contributed by atoms with E-state index in [-0.39, 0.29) is 12.5 Å². The molecule has 0 saturated carbocycles. The molecule has 7 heteroatoms. The molecule has 2 fully saturated rings. The third kappa shape index (κ3) is 2.26. The number of likely N-dealkylation sites (tertiary alicyclic amines) is 1. The number of carbonyl (C=O) groups is 2. The molecule has 124 valence electrons. The number of carboxylic acid groups (broad SMARTS) is 1. The number of carboxylic acids is 1. The zero-order valence-electron chi connectivity index (χ0n) is 13.5. The van der Waals surface area contributed by atoms with E-state index in [2.05, 4.69) is 10.3 Å². The van der Waals surface area contributed by atoms with E-state index in [9.17, 15) is 14.7 Å². The van der Waals surface area contributed by atoms with Gasteiger partial charge in [-0.05, 0) is 13.8 Å². The maximum absolute atomic E-state index is 12.6. The van der Waals surface area contributed by atoms with E-state index in [0.717, 1.165) is 22.6 Å². The van der Waals surface area contributed by atoms with Crippen LogP contribution in [0.3, 0.4) is 0 Å². The van der Waals surface area contributed by atoms with Crippen molar-refractivity contribution in [2.75, 3.05) is 26.7 Å². The predicted octanol–water partition coefficient (Wildman–Crippen LogP) is 0.340. The number of aliphatic carboxylic acids is 1. The van der Waals surface area contributed by atoms with Crippen LogP contribution in [0.25, 0.3) is 0 Å². The zero-order chi connectivity index (χ0) is 16.8. The monoisotopic (exact) mass is 319 g/mol. The minimum absolute atomic E-state index is 0.113. The van der Waals surface area contributed by atoms with Gasteiger partial charge in [0.05, 0.1) is 25.3 Å². The highest BCUT2D eigenvalue weighted by molar-refractivity contribution is 5.92. The Hall–Kier alpha value is -2.15. The van der Waals surface area contributed by atoms with Gasteiger partial charge < -0.3 is 20.1 Å². The molecule has 0 unspecified atom stereocenters. The normalized spacial score (nSPS) is 26.5. The maximum Gasteiger partial charge on any atom is 0.313 e. The van der Waals surface area contributed by atoms with Crippen LogP contribution in [0, 0.1) is 25.2 Å². The van der Waals surface area contributed by atoms with E-state index in [4.69, 9.17) is 4.74 Å². The van der Waals surface area contributed by atoms with Crippen molar-refractivity contribution in [3.8, 4) is 5.75 Å². The molecule has 2 saturated heterocycles. The number of nitrogens with zero attached hydrogens (tertiary/aromatic N) is 2. The number of aromatic nitrogens is 1. The molecule has 0 bridgehead atoms. The Kier molecular flexibility index (Phi) is 3.75. The van der Waals surface area contributed by atoms with E-state index >= 15 is 0 Å². The van der Waals surface area contributed by atoms with Crippen molar-refractivity contribution in [1.82, 2.24) is 15.2 Å². The van der Waals surface area contributed by atoms with Gasteiger partial charge in [0.25, 0.3) is 0 Å². The van der Waals surface area contributed by atoms with E-state index < -0.39 is 17.3 Å². The van der Waals surface area contributed by atoms with E-state index in [1.54, 1.807) is 18.2 Å². The summed E-state index contributed by atoms with van der Waals surface area (Å²) in [6, 6.07) is 0. The van der Waals surface area contributed by atoms with Crippen molar-refractivity contribution in [2.45, 2.75) is 20.4 Å². The summed E-state index contributed by atoms with van der Waals surface area (Å²) in [5.74, 6) is -0.753. The van der Waals surface area contributed by atoms with Crippen molar-refractivity contribution < 1.29 is 19.4 Å². The lowest BCUT2D eigenvalue weighted by Crippen LogP contribution is -2.40. The first-order chi connectivity index (χ1) is 10.9. The molecule has 1 aromatic heterocycles. The minimum atomic E-state index is -1.01. The number of hydrogen-bond donors (Lipinski definition) is 2. The molecule has 0 aliphatic carbocycles. The first-order valence-electron chi connectivity index (χ1n) is 7.62. The van der Waals surface area contributed by atoms with E-state index in [1.807, 2.05) is 13.8 Å². The van der Waals surface area contributed by atoms with Gasteiger partial charge in [0.2, 0.25) is 5.91 Å². The molecule has 1 aromatic rings. The SMILES string of the molecule is COc1c(C)cnc(CN2C[C@@]3(C(=O)O)CNC[C@H]3C2=O)c1C. The Bertz CT molecular complexity index is 676. The van der Waals surface area contributed by atoms with E-state index in [0.29, 0.717) is 19.6 Å². The van der Waals surface area contributed by atoms with Gasteiger partial charge in [0, 0.05) is 37.0 Å². The Labute approximate surface area is 134 Å². The highest BCUT2D eigenvalue weighted by atomic mass is 16.5. The van der Waals surface area contributed by atoms with Gasteiger partial charge in [-0.15, -0.1) is 0 Å². The van der Waals surface area contributed by atoms with Crippen LogP contribution < -0.4 is 10.1 Å². The first-order valence-corrected chi connectivity index (χ1v) is 7.62. The number of nitrogens with one attached hydrogen (secondary N) is 1. The van der Waals surface area contributed by atoms with Gasteiger partial charge in [-0.1, -0.05) is 0 Å². The van der Waals surface area contributed by atoms with Crippen LogP contribution in [0.4, 0.5) is 0 Å². The van der Waals surface area contributed by atoms with Crippen LogP contribution in [-0.2, 0) is 16.1 Å². The molecule has 0 spiro atoms. The average Bonchev–Trinajstić information content (AvgIpc) is 3.03. The van der Waals surface area contributed by atoms with Crippen LogP contribution in [0.5, 0.6) is 5.75 Å². The highest BCUT2D eigenvalue weighted by Gasteiger charge is 2.59. The third-order valence-corrected chi connectivity index (χ3v) is 5.06. The molecular formula is C16H21N3O4. The number of amides is 1. The molecule has 2 N–H and O–H groups in total. The number of aryl methyl sites for hydroxylation is 1. The molecule has 2 aliphatic heterocycles. The minimum Gasteiger partial charge on any atom is -0.496 e. The summed E-state index contributed by atoms with van der Waals surface area (Å²) in [5.41, 5.74) is 1.55. The fourth-order valence-electron chi connectivity index (χ4n) is 3.72. The topological polar surface area (TPSA) is 91.8 Å². The number of fused-ring (bicyclic) bond motifs is 1. The molecule has 23 heavy (non-hydrogen) atoms. The standard InChI is InChI=1S/C16H21N3O4/c1-9-4-18-12(10(2)13(9)23-3)6-19-8-16(15(21)22)7-17-5-11(16)14(19)20/h4,11,17H,5-8H2,1-3H3,(H,21,22)/t11-,16-/m0/s1. The lowest BCUT2D eigenvalue weighted by Gasteiger charge is -2.22. The van der Waals surface area contributed by atoms with Gasteiger partial charge >= 0.3 is 5.97 Å². The van der Waals surface area contributed by atoms with Gasteiger partial charge in [-0.2, -0.15) is 0 Å². The number of rotatable bonds is 4. The molecule has 0 aromatic carbocycles. The Balaban J connectivity index is 1.88. The summed E-state index contributed by atoms with van der Waals surface area (Å²) in [6.07, 6.45) is 1.72. The van der Waals surface area contributed by atoms with Crippen LogP contribution in [0.15, 0.2) is 6.20 Å². The number of pyridine rings is 1. The molecule has 7 nitrogen and oxygen atoms in total. The Morgan fingerprint density at radius 3 is 2.91 bits per heavy atom. The fourth-order valence-corrected chi connectivity index (χ4v) is 3.72. The highest BCUT2D eigenvalue weighted by Crippen LogP contribution is 2.41. The second-order valence-corrected chi connectivity index (χ2v) is 6.39. The largest absolute Gasteiger partial charge is 0.496 e. The average molecular weight is 319 g/mol. The lowest BCUT2D eigenvalue weighted by atomic mass is 9.81. The molecule has 0 radical (unpaired) electrons. The van der Waals surface area contributed by atoms with Crippen LogP contribution in [0.2, 0.25) is 0 Å². The number of methoxy groups -OCH3 is 1. The fraction of sp³-hybridized carbons (Fsp3) is 0.562. The van der Waals surface area contributed by atoms with Gasteiger partial charge in [0.15, 0.2) is 0 Å².